The molecule has 5 nitrogen and oxygen atoms in total. The van der Waals surface area contributed by atoms with Gasteiger partial charge in [-0.3, -0.25) is 4.79 Å². The Morgan fingerprint density at radius 1 is 1.22 bits per heavy atom. The van der Waals surface area contributed by atoms with Crippen molar-refractivity contribution in [1.82, 2.24) is 0 Å². The van der Waals surface area contributed by atoms with E-state index in [9.17, 15) is 4.79 Å². The van der Waals surface area contributed by atoms with Crippen LogP contribution in [0, 0.1) is 17.8 Å². The van der Waals surface area contributed by atoms with Crippen LogP contribution in [0.15, 0.2) is 36.5 Å². The molecule has 3 atom stereocenters. The van der Waals surface area contributed by atoms with E-state index in [0.717, 1.165) is 30.4 Å². The van der Waals surface area contributed by atoms with Gasteiger partial charge in [-0.2, -0.15) is 0 Å². The van der Waals surface area contributed by atoms with Crippen LogP contribution < -0.4 is 15.5 Å². The van der Waals surface area contributed by atoms with Crippen LogP contribution in [0.4, 0.5) is 11.4 Å². The minimum Gasteiger partial charge on any atom is -0.370 e. The maximum Gasteiger partial charge on any atom is 0.253 e. The summed E-state index contributed by atoms with van der Waals surface area (Å²) in [5.41, 5.74) is 9.22. The Morgan fingerprint density at radius 2 is 1.91 bits per heavy atom. The molecule has 23 heavy (non-hydrogen) atoms. The molecule has 2 N–H and O–H groups in total. The third-order valence-corrected chi connectivity index (χ3v) is 5.40. The standard InChI is InChI=1S/C18H23N3O2/c1-12-16-8-17(16)13(9-19)10-21(12)15-4-2-14(3-5-15)20-6-7-23-11-18(20)22/h2-5,13,16-17H,1,6-11,19H2. The van der Waals surface area contributed by atoms with E-state index in [-0.39, 0.29) is 12.5 Å². The number of hydrogen-bond acceptors (Lipinski definition) is 4. The van der Waals surface area contributed by atoms with Gasteiger partial charge in [0.1, 0.15) is 6.61 Å². The van der Waals surface area contributed by atoms with E-state index < -0.39 is 0 Å². The Morgan fingerprint density at radius 3 is 2.57 bits per heavy atom. The Bertz CT molecular complexity index is 628. The molecule has 3 unspecified atom stereocenters. The summed E-state index contributed by atoms with van der Waals surface area (Å²) in [5, 5.41) is 0. The van der Waals surface area contributed by atoms with Crippen molar-refractivity contribution in [1.29, 1.82) is 0 Å². The molecular formula is C18H23N3O2. The summed E-state index contributed by atoms with van der Waals surface area (Å²) in [6.07, 6.45) is 1.23. The van der Waals surface area contributed by atoms with Gasteiger partial charge in [-0.25, -0.2) is 0 Å². The fraction of sp³-hybridized carbons (Fsp3) is 0.500. The molecule has 1 amide bonds. The van der Waals surface area contributed by atoms with Crippen molar-refractivity contribution in [2.45, 2.75) is 6.42 Å². The number of anilines is 2. The highest BCUT2D eigenvalue weighted by molar-refractivity contribution is 5.95. The average molecular weight is 313 g/mol. The molecule has 3 fully saturated rings. The highest BCUT2D eigenvalue weighted by Gasteiger charge is 2.49. The predicted molar refractivity (Wildman–Crippen MR) is 90.2 cm³/mol. The van der Waals surface area contributed by atoms with E-state index in [1.165, 1.54) is 12.1 Å². The molecule has 1 aliphatic carbocycles. The summed E-state index contributed by atoms with van der Waals surface area (Å²) in [6.45, 7) is 7.37. The van der Waals surface area contributed by atoms with Gasteiger partial charge in [0.15, 0.2) is 0 Å². The highest BCUT2D eigenvalue weighted by Crippen LogP contribution is 2.53. The van der Waals surface area contributed by atoms with Crippen molar-refractivity contribution in [3.05, 3.63) is 36.5 Å². The maximum absolute atomic E-state index is 11.9. The van der Waals surface area contributed by atoms with Crippen molar-refractivity contribution in [2.24, 2.45) is 23.5 Å². The first-order valence-corrected chi connectivity index (χ1v) is 8.33. The number of nitrogens with zero attached hydrogens (tertiary/aromatic N) is 2. The lowest BCUT2D eigenvalue weighted by molar-refractivity contribution is -0.125. The molecule has 0 radical (unpaired) electrons. The molecule has 0 bridgehead atoms. The van der Waals surface area contributed by atoms with Crippen LogP contribution >= 0.6 is 0 Å². The molecule has 122 valence electrons. The molecule has 5 heteroatoms. The molecule has 4 rings (SSSR count). The van der Waals surface area contributed by atoms with Crippen molar-refractivity contribution in [3.63, 3.8) is 0 Å². The van der Waals surface area contributed by atoms with Gasteiger partial charge in [-0.05, 0) is 49.1 Å². The summed E-state index contributed by atoms with van der Waals surface area (Å²) in [5.74, 6) is 1.94. The van der Waals surface area contributed by atoms with Crippen LogP contribution in [-0.4, -0.2) is 38.8 Å². The number of hydrogen-bond donors (Lipinski definition) is 1. The topological polar surface area (TPSA) is 58.8 Å². The molecule has 0 spiro atoms. The zero-order chi connectivity index (χ0) is 16.0. The number of nitrogens with two attached hydrogens (primary N) is 1. The zero-order valence-corrected chi connectivity index (χ0v) is 13.3. The molecule has 2 heterocycles. The van der Waals surface area contributed by atoms with Gasteiger partial charge < -0.3 is 20.3 Å². The van der Waals surface area contributed by atoms with E-state index >= 15 is 0 Å². The normalized spacial score (nSPS) is 30.4. The van der Waals surface area contributed by atoms with Gasteiger partial charge in [0.2, 0.25) is 0 Å². The molecule has 2 saturated heterocycles. The first kappa shape index (κ1) is 14.7. The lowest BCUT2D eigenvalue weighted by Crippen LogP contribution is -2.41. The van der Waals surface area contributed by atoms with Crippen molar-refractivity contribution >= 4 is 17.3 Å². The number of morpholine rings is 1. The fourth-order valence-electron chi connectivity index (χ4n) is 3.93. The van der Waals surface area contributed by atoms with Gasteiger partial charge in [0.05, 0.1) is 6.61 Å². The van der Waals surface area contributed by atoms with Crippen molar-refractivity contribution < 1.29 is 9.53 Å². The largest absolute Gasteiger partial charge is 0.370 e. The average Bonchev–Trinajstić information content (AvgIpc) is 3.38. The summed E-state index contributed by atoms with van der Waals surface area (Å²) in [6, 6.07) is 8.20. The zero-order valence-electron chi connectivity index (χ0n) is 13.3. The number of rotatable bonds is 3. The fourth-order valence-corrected chi connectivity index (χ4v) is 3.93. The molecule has 2 aliphatic heterocycles. The predicted octanol–water partition coefficient (Wildman–Crippen LogP) is 1.59. The van der Waals surface area contributed by atoms with Gasteiger partial charge >= 0.3 is 0 Å². The lowest BCUT2D eigenvalue weighted by Gasteiger charge is -2.35. The van der Waals surface area contributed by atoms with Gasteiger partial charge in [-0.1, -0.05) is 6.58 Å². The van der Waals surface area contributed by atoms with Crippen LogP contribution in [0.5, 0.6) is 0 Å². The number of carbonyl (C=O) groups excluding carboxylic acids is 1. The Labute approximate surface area is 136 Å². The van der Waals surface area contributed by atoms with Crippen LogP contribution in [0.2, 0.25) is 0 Å². The van der Waals surface area contributed by atoms with E-state index in [1.54, 1.807) is 4.90 Å². The first-order chi connectivity index (χ1) is 11.2. The molecule has 1 aromatic rings. The Balaban J connectivity index is 1.53. The van der Waals surface area contributed by atoms with Gasteiger partial charge in [0, 0.05) is 36.1 Å². The second-order valence-electron chi connectivity index (χ2n) is 6.72. The third kappa shape index (κ3) is 2.54. The van der Waals surface area contributed by atoms with Crippen LogP contribution in [0.3, 0.4) is 0 Å². The number of ether oxygens (including phenoxy) is 1. The smallest absolute Gasteiger partial charge is 0.253 e. The summed E-state index contributed by atoms with van der Waals surface area (Å²) in [4.78, 5) is 16.0. The monoisotopic (exact) mass is 313 g/mol. The number of carbonyl (C=O) groups is 1. The van der Waals surface area contributed by atoms with Crippen LogP contribution in [0.1, 0.15) is 6.42 Å². The number of benzene rings is 1. The maximum atomic E-state index is 11.9. The summed E-state index contributed by atoms with van der Waals surface area (Å²) >= 11 is 0. The molecule has 1 saturated carbocycles. The second kappa shape index (κ2) is 5.65. The number of allylic oxidation sites excluding steroid dienone is 1. The van der Waals surface area contributed by atoms with Gasteiger partial charge in [0.25, 0.3) is 5.91 Å². The first-order valence-electron chi connectivity index (χ1n) is 8.33. The SMILES string of the molecule is C=C1C2CC2C(CN)CN1c1ccc(N2CCOCC2=O)cc1. The second-order valence-corrected chi connectivity index (χ2v) is 6.72. The summed E-state index contributed by atoms with van der Waals surface area (Å²) in [7, 11) is 0. The molecule has 3 aliphatic rings. The molecular weight excluding hydrogens is 290 g/mol. The number of amides is 1. The van der Waals surface area contributed by atoms with E-state index in [4.69, 9.17) is 10.5 Å². The lowest BCUT2D eigenvalue weighted by atomic mass is 9.95. The van der Waals surface area contributed by atoms with Crippen molar-refractivity contribution in [2.75, 3.05) is 42.6 Å². The minimum atomic E-state index is 0.0235. The molecule has 1 aromatic carbocycles. The minimum absolute atomic E-state index is 0.0235. The molecule has 0 aromatic heterocycles. The Hall–Kier alpha value is -1.85. The number of fused-ring (bicyclic) bond motifs is 1. The summed E-state index contributed by atoms with van der Waals surface area (Å²) < 4.78 is 5.18. The number of piperidine rings is 1. The van der Waals surface area contributed by atoms with E-state index in [2.05, 4.69) is 23.6 Å². The van der Waals surface area contributed by atoms with Crippen LogP contribution in [0.25, 0.3) is 0 Å². The van der Waals surface area contributed by atoms with Crippen molar-refractivity contribution in [3.8, 4) is 0 Å². The van der Waals surface area contributed by atoms with Crippen LogP contribution in [-0.2, 0) is 9.53 Å². The Kier molecular flexibility index (Phi) is 3.62. The van der Waals surface area contributed by atoms with Gasteiger partial charge in [-0.15, -0.1) is 0 Å². The third-order valence-electron chi connectivity index (χ3n) is 5.40. The quantitative estimate of drug-likeness (QED) is 0.921. The highest BCUT2D eigenvalue weighted by atomic mass is 16.5. The van der Waals surface area contributed by atoms with E-state index in [0.29, 0.717) is 25.0 Å². The van der Waals surface area contributed by atoms with E-state index in [1.807, 2.05) is 12.1 Å².